The lowest BCUT2D eigenvalue weighted by Gasteiger charge is -2.36. The first-order valence-corrected chi connectivity index (χ1v) is 14.0. The van der Waals surface area contributed by atoms with Crippen LogP contribution in [-0.2, 0) is 4.43 Å². The summed E-state index contributed by atoms with van der Waals surface area (Å²) < 4.78 is 6.26. The molecular weight excluding hydrogens is 276 g/mol. The van der Waals surface area contributed by atoms with Crippen molar-refractivity contribution in [1.29, 1.82) is 0 Å². The van der Waals surface area contributed by atoms with Crippen LogP contribution in [0.5, 0.6) is 0 Å². The maximum absolute atomic E-state index is 6.26. The van der Waals surface area contributed by atoms with Crippen LogP contribution in [-0.4, -0.2) is 23.0 Å². The van der Waals surface area contributed by atoms with Crippen LogP contribution in [0.4, 0.5) is 0 Å². The van der Waals surface area contributed by atoms with Gasteiger partial charge in [-0.25, -0.2) is 0 Å². The molecule has 0 radical (unpaired) electrons. The molecule has 0 aromatic heterocycles. The molecule has 0 unspecified atom stereocenters. The molecule has 0 amide bonds. The molecule has 0 aliphatic carbocycles. The second-order valence-electron chi connectivity index (χ2n) is 8.40. The molecule has 0 N–H and O–H groups in total. The third-order valence-corrected chi connectivity index (χ3v) is 9.06. The van der Waals surface area contributed by atoms with Crippen LogP contribution in [0.2, 0.25) is 37.8 Å². The lowest BCUT2D eigenvalue weighted by atomic mass is 10.1. The van der Waals surface area contributed by atoms with E-state index in [1.54, 1.807) is 0 Å². The molecule has 0 saturated carbocycles. The summed E-state index contributed by atoms with van der Waals surface area (Å²) in [6, 6.07) is 0. The van der Waals surface area contributed by atoms with E-state index in [-0.39, 0.29) is 5.04 Å². The van der Waals surface area contributed by atoms with Crippen LogP contribution >= 0.6 is 0 Å². The molecule has 1 atom stereocenters. The van der Waals surface area contributed by atoms with Gasteiger partial charge in [-0.15, -0.1) is 5.54 Å². The van der Waals surface area contributed by atoms with Crippen LogP contribution in [0.1, 0.15) is 34.6 Å². The minimum absolute atomic E-state index is 0.281. The molecule has 0 aromatic carbocycles. The van der Waals surface area contributed by atoms with Crippen molar-refractivity contribution in [3.8, 4) is 11.5 Å². The van der Waals surface area contributed by atoms with Crippen molar-refractivity contribution in [2.75, 3.05) is 6.61 Å². The van der Waals surface area contributed by atoms with E-state index in [1.807, 2.05) is 0 Å². The minimum Gasteiger partial charge on any atom is -0.416 e. The fourth-order valence-corrected chi connectivity index (χ4v) is 3.04. The maximum atomic E-state index is 6.26. The quantitative estimate of drug-likeness (QED) is 0.494. The second-order valence-corrected chi connectivity index (χ2v) is 18.0. The first-order chi connectivity index (χ1) is 8.74. The predicted molar refractivity (Wildman–Crippen MR) is 97.2 cm³/mol. The Balaban J connectivity index is 4.57. The molecule has 0 heterocycles. The molecule has 0 fully saturated rings. The van der Waals surface area contributed by atoms with Gasteiger partial charge in [0, 0.05) is 6.61 Å². The van der Waals surface area contributed by atoms with E-state index in [4.69, 9.17) is 4.43 Å². The molecule has 1 nitrogen and oxygen atoms in total. The average Bonchev–Trinajstić information content (AvgIpc) is 2.21. The van der Waals surface area contributed by atoms with E-state index < -0.39 is 16.4 Å². The zero-order valence-corrected chi connectivity index (χ0v) is 17.3. The molecule has 20 heavy (non-hydrogen) atoms. The van der Waals surface area contributed by atoms with Crippen molar-refractivity contribution in [2.24, 2.45) is 5.92 Å². The Kier molecular flexibility index (Phi) is 7.00. The summed E-state index contributed by atoms with van der Waals surface area (Å²) in [7, 11) is -2.90. The summed E-state index contributed by atoms with van der Waals surface area (Å²) in [5.41, 5.74) is 4.59. The fourth-order valence-electron chi connectivity index (χ4n) is 1.36. The van der Waals surface area contributed by atoms with Crippen LogP contribution in [0.15, 0.2) is 11.6 Å². The van der Waals surface area contributed by atoms with Crippen molar-refractivity contribution in [2.45, 2.75) is 72.4 Å². The van der Waals surface area contributed by atoms with E-state index in [1.165, 1.54) is 5.57 Å². The molecule has 0 aromatic rings. The SMILES string of the molecule is C/C(C#C[Si](C)(C)C)=C\[C@@H](C)CO[Si](C)(C)C(C)(C)C. The Bertz CT molecular complexity index is 397. The molecule has 0 aliphatic rings. The zero-order chi connectivity index (χ0) is 16.2. The highest BCUT2D eigenvalue weighted by atomic mass is 28.4. The summed E-state index contributed by atoms with van der Waals surface area (Å²) in [6.07, 6.45) is 2.25. The Morgan fingerprint density at radius 2 is 1.65 bits per heavy atom. The van der Waals surface area contributed by atoms with Gasteiger partial charge in [0.25, 0.3) is 0 Å². The molecule has 0 aliphatic heterocycles. The zero-order valence-electron chi connectivity index (χ0n) is 15.3. The smallest absolute Gasteiger partial charge is 0.192 e. The third kappa shape index (κ3) is 8.09. The van der Waals surface area contributed by atoms with Gasteiger partial charge in [-0.3, -0.25) is 0 Å². The van der Waals surface area contributed by atoms with E-state index in [0.29, 0.717) is 5.92 Å². The van der Waals surface area contributed by atoms with E-state index >= 15 is 0 Å². The first-order valence-electron chi connectivity index (χ1n) is 7.60. The molecule has 0 saturated heterocycles. The predicted octanol–water partition coefficient (Wildman–Crippen LogP) is 5.47. The van der Waals surface area contributed by atoms with E-state index in [9.17, 15) is 0 Å². The van der Waals surface area contributed by atoms with Gasteiger partial charge >= 0.3 is 0 Å². The Hall–Kier alpha value is -0.306. The van der Waals surface area contributed by atoms with Gasteiger partial charge in [0.2, 0.25) is 0 Å². The van der Waals surface area contributed by atoms with Crippen molar-refractivity contribution in [1.82, 2.24) is 0 Å². The van der Waals surface area contributed by atoms with Crippen molar-refractivity contribution >= 4 is 16.4 Å². The van der Waals surface area contributed by atoms with Gasteiger partial charge in [-0.05, 0) is 36.5 Å². The highest BCUT2D eigenvalue weighted by Gasteiger charge is 2.37. The lowest BCUT2D eigenvalue weighted by Crippen LogP contribution is -2.41. The summed E-state index contributed by atoms with van der Waals surface area (Å²) in [6.45, 7) is 23.4. The average molecular weight is 311 g/mol. The third-order valence-electron chi connectivity index (χ3n) is 3.68. The molecule has 116 valence electrons. The van der Waals surface area contributed by atoms with Gasteiger partial charge in [0.1, 0.15) is 8.07 Å². The molecule has 3 heteroatoms. The van der Waals surface area contributed by atoms with Crippen molar-refractivity contribution < 1.29 is 4.43 Å². The normalized spacial score (nSPS) is 15.6. The van der Waals surface area contributed by atoms with Gasteiger partial charge < -0.3 is 4.43 Å². The number of hydrogen-bond acceptors (Lipinski definition) is 1. The van der Waals surface area contributed by atoms with Gasteiger partial charge in [0.05, 0.1) is 0 Å². The maximum Gasteiger partial charge on any atom is 0.192 e. The minimum atomic E-state index is -1.63. The highest BCUT2D eigenvalue weighted by Crippen LogP contribution is 2.36. The lowest BCUT2D eigenvalue weighted by molar-refractivity contribution is 0.259. The Morgan fingerprint density at radius 1 is 1.15 bits per heavy atom. The Labute approximate surface area is 129 Å². The first kappa shape index (κ1) is 19.7. The molecule has 0 spiro atoms. The second kappa shape index (κ2) is 7.11. The van der Waals surface area contributed by atoms with Crippen molar-refractivity contribution in [3.63, 3.8) is 0 Å². The van der Waals surface area contributed by atoms with Gasteiger partial charge in [-0.2, -0.15) is 0 Å². The summed E-state index contributed by atoms with van der Waals surface area (Å²) in [5.74, 6) is 3.74. The molecule has 0 rings (SSSR count). The largest absolute Gasteiger partial charge is 0.416 e. The van der Waals surface area contributed by atoms with Gasteiger partial charge in [0.15, 0.2) is 8.32 Å². The number of rotatable bonds is 4. The van der Waals surface area contributed by atoms with Gasteiger partial charge in [-0.1, -0.05) is 59.3 Å². The standard InChI is InChI=1S/C17H34OSi2/c1-15(11-12-19(6,7)8)13-16(2)14-18-20(9,10)17(3,4)5/h13,16H,14H2,1-10H3/b15-13+/t16-/m1/s1. The van der Waals surface area contributed by atoms with E-state index in [2.05, 4.69) is 84.9 Å². The number of hydrogen-bond donors (Lipinski definition) is 0. The summed E-state index contributed by atoms with van der Waals surface area (Å²) in [4.78, 5) is 0. The number of allylic oxidation sites excluding steroid dienone is 1. The highest BCUT2D eigenvalue weighted by molar-refractivity contribution is 6.83. The van der Waals surface area contributed by atoms with Crippen LogP contribution in [0, 0.1) is 17.4 Å². The fraction of sp³-hybridized carbons (Fsp3) is 0.765. The Morgan fingerprint density at radius 3 is 2.05 bits per heavy atom. The summed E-state index contributed by atoms with van der Waals surface area (Å²) >= 11 is 0. The topological polar surface area (TPSA) is 9.23 Å². The summed E-state index contributed by atoms with van der Waals surface area (Å²) in [5, 5.41) is 0.281. The van der Waals surface area contributed by atoms with Crippen molar-refractivity contribution in [3.05, 3.63) is 11.6 Å². The monoisotopic (exact) mass is 310 g/mol. The van der Waals surface area contributed by atoms with Crippen LogP contribution in [0.25, 0.3) is 0 Å². The van der Waals surface area contributed by atoms with E-state index in [0.717, 1.165) is 6.61 Å². The molecule has 0 bridgehead atoms. The van der Waals surface area contributed by atoms with Crippen LogP contribution < -0.4 is 0 Å². The van der Waals surface area contributed by atoms with Crippen LogP contribution in [0.3, 0.4) is 0 Å². The molecular formula is C17H34OSi2.